The highest BCUT2D eigenvalue weighted by Gasteiger charge is 2.62. The quantitative estimate of drug-likeness (QED) is 0.518. The third kappa shape index (κ3) is 3.25. The van der Waals surface area contributed by atoms with Crippen LogP contribution < -0.4 is 5.32 Å². The van der Waals surface area contributed by atoms with Crippen molar-refractivity contribution >= 4 is 23.4 Å². The summed E-state index contributed by atoms with van der Waals surface area (Å²) in [6.45, 7) is 2.05. The summed E-state index contributed by atoms with van der Waals surface area (Å²) in [5.74, 6) is -1.97. The summed E-state index contributed by atoms with van der Waals surface area (Å²) in [6, 6.07) is 24.8. The van der Waals surface area contributed by atoms with Crippen molar-refractivity contribution in [3.05, 3.63) is 101 Å². The van der Waals surface area contributed by atoms with Crippen LogP contribution in [0.5, 0.6) is 0 Å². The molecule has 0 spiro atoms. The predicted octanol–water partition coefficient (Wildman–Crippen LogP) is 5.08. The summed E-state index contributed by atoms with van der Waals surface area (Å²) in [5, 5.41) is 2.94. The highest BCUT2D eigenvalue weighted by Crippen LogP contribution is 2.61. The molecule has 0 radical (unpaired) electrons. The van der Waals surface area contributed by atoms with Crippen molar-refractivity contribution in [2.24, 2.45) is 11.8 Å². The second-order valence-corrected chi connectivity index (χ2v) is 9.82. The highest BCUT2D eigenvalue weighted by atomic mass is 16.2. The van der Waals surface area contributed by atoms with Crippen LogP contribution in [-0.2, 0) is 14.4 Å². The average molecular weight is 465 g/mol. The van der Waals surface area contributed by atoms with E-state index in [1.807, 2.05) is 61.5 Å². The van der Waals surface area contributed by atoms with E-state index < -0.39 is 17.9 Å². The van der Waals surface area contributed by atoms with Gasteiger partial charge in [-0.05, 0) is 40.8 Å². The maximum Gasteiger partial charge on any atom is 0.247 e. The van der Waals surface area contributed by atoms with Gasteiger partial charge in [-0.25, -0.2) is 0 Å². The van der Waals surface area contributed by atoms with Crippen LogP contribution in [0.25, 0.3) is 0 Å². The van der Waals surface area contributed by atoms with Crippen LogP contribution >= 0.6 is 0 Å². The molecule has 5 nitrogen and oxygen atoms in total. The number of carbonyl (C=O) groups excluding carboxylic acids is 3. The van der Waals surface area contributed by atoms with Crippen LogP contribution in [0.1, 0.15) is 60.3 Å². The predicted molar refractivity (Wildman–Crippen MR) is 134 cm³/mol. The number of hydrogen-bond donors (Lipinski definition) is 1. The number of nitrogens with zero attached hydrogens (tertiary/aromatic N) is 1. The normalized spacial score (nSPS) is 24.5. The van der Waals surface area contributed by atoms with Crippen molar-refractivity contribution in [3.8, 4) is 0 Å². The molecule has 3 aromatic carbocycles. The first-order chi connectivity index (χ1) is 17.1. The highest BCUT2D eigenvalue weighted by molar-refractivity contribution is 6.11. The molecule has 3 amide bonds. The topological polar surface area (TPSA) is 66.5 Å². The van der Waals surface area contributed by atoms with E-state index in [-0.39, 0.29) is 29.6 Å². The van der Waals surface area contributed by atoms with Gasteiger partial charge in [-0.2, -0.15) is 0 Å². The third-order valence-corrected chi connectivity index (χ3v) is 7.97. The number of benzene rings is 3. The Morgan fingerprint density at radius 1 is 0.771 bits per heavy atom. The molecule has 0 aromatic heterocycles. The first-order valence-electron chi connectivity index (χ1n) is 12.5. The van der Waals surface area contributed by atoms with E-state index in [1.165, 1.54) is 4.90 Å². The van der Waals surface area contributed by atoms with Crippen LogP contribution in [0.3, 0.4) is 0 Å². The van der Waals surface area contributed by atoms with Gasteiger partial charge in [-0.3, -0.25) is 19.3 Å². The van der Waals surface area contributed by atoms with Gasteiger partial charge in [0.15, 0.2) is 0 Å². The van der Waals surface area contributed by atoms with E-state index in [2.05, 4.69) is 29.6 Å². The van der Waals surface area contributed by atoms with Gasteiger partial charge < -0.3 is 5.32 Å². The fourth-order valence-electron chi connectivity index (χ4n) is 6.53. The molecule has 1 aliphatic heterocycles. The van der Waals surface area contributed by atoms with Gasteiger partial charge in [0.05, 0.1) is 11.8 Å². The molecule has 5 heteroatoms. The monoisotopic (exact) mass is 464 g/mol. The van der Waals surface area contributed by atoms with E-state index in [9.17, 15) is 14.4 Å². The lowest BCUT2D eigenvalue weighted by atomic mass is 9.55. The Kier molecular flexibility index (Phi) is 5.28. The summed E-state index contributed by atoms with van der Waals surface area (Å²) in [5.41, 5.74) is 5.22. The molecular formula is C30H28N2O3. The van der Waals surface area contributed by atoms with Gasteiger partial charge in [-0.1, -0.05) is 86.5 Å². The lowest BCUT2D eigenvalue weighted by molar-refractivity contribution is -0.147. The number of anilines is 1. The zero-order valence-electron chi connectivity index (χ0n) is 19.7. The standard InChI is InChI=1S/C30H28N2O3/c1-2-3-17-23(28(33)31-18-11-5-4-6-12-18)32-29(34)26-24-19-13-7-8-14-20(19)25(27(26)30(32)35)22-16-10-9-15-21(22)24/h4-16,23-27H,2-3,17H2,1H3,(H,31,33)/t23-,24?,25?,26-,27-/m1/s1. The first kappa shape index (κ1) is 21.8. The molecule has 0 saturated carbocycles. The Morgan fingerprint density at radius 2 is 1.23 bits per heavy atom. The molecule has 35 heavy (non-hydrogen) atoms. The molecule has 3 aliphatic carbocycles. The Hall–Kier alpha value is -3.73. The summed E-state index contributed by atoms with van der Waals surface area (Å²) in [7, 11) is 0. The number of unbranched alkanes of at least 4 members (excludes halogenated alkanes) is 1. The van der Waals surface area contributed by atoms with Gasteiger partial charge >= 0.3 is 0 Å². The van der Waals surface area contributed by atoms with Crippen LogP contribution in [0.2, 0.25) is 0 Å². The van der Waals surface area contributed by atoms with Crippen LogP contribution in [0.4, 0.5) is 5.69 Å². The van der Waals surface area contributed by atoms with Crippen LogP contribution in [0, 0.1) is 11.8 Å². The minimum absolute atomic E-state index is 0.164. The molecule has 1 heterocycles. The van der Waals surface area contributed by atoms with E-state index in [0.29, 0.717) is 12.1 Å². The summed E-state index contributed by atoms with van der Waals surface area (Å²) < 4.78 is 0. The van der Waals surface area contributed by atoms with Crippen molar-refractivity contribution in [2.45, 2.75) is 44.1 Å². The molecule has 176 valence electrons. The first-order valence-corrected chi connectivity index (χ1v) is 12.5. The molecular weight excluding hydrogens is 436 g/mol. The van der Waals surface area contributed by atoms with Crippen LogP contribution in [0.15, 0.2) is 78.9 Å². The lowest BCUT2D eigenvalue weighted by Gasteiger charge is -2.45. The molecule has 1 N–H and O–H groups in total. The number of rotatable bonds is 6. The van der Waals surface area contributed by atoms with Gasteiger partial charge in [-0.15, -0.1) is 0 Å². The second kappa shape index (κ2) is 8.49. The summed E-state index contributed by atoms with van der Waals surface area (Å²) >= 11 is 0. The van der Waals surface area contributed by atoms with Crippen molar-refractivity contribution in [2.75, 3.05) is 5.32 Å². The number of likely N-dealkylation sites (tertiary alicyclic amines) is 1. The van der Waals surface area contributed by atoms with Crippen molar-refractivity contribution < 1.29 is 14.4 Å². The minimum atomic E-state index is -0.814. The lowest BCUT2D eigenvalue weighted by Crippen LogP contribution is -2.48. The van der Waals surface area contributed by atoms with E-state index in [1.54, 1.807) is 0 Å². The Morgan fingerprint density at radius 3 is 1.69 bits per heavy atom. The fraction of sp³-hybridized carbons (Fsp3) is 0.300. The molecule has 1 saturated heterocycles. The zero-order chi connectivity index (χ0) is 24.1. The molecule has 3 aromatic rings. The Balaban J connectivity index is 1.41. The maximum absolute atomic E-state index is 14.0. The number of amides is 3. The van der Waals surface area contributed by atoms with Gasteiger partial charge in [0, 0.05) is 17.5 Å². The van der Waals surface area contributed by atoms with Crippen molar-refractivity contribution in [1.29, 1.82) is 0 Å². The number of hydrogen-bond acceptors (Lipinski definition) is 3. The van der Waals surface area contributed by atoms with Crippen molar-refractivity contribution in [3.63, 3.8) is 0 Å². The van der Waals surface area contributed by atoms with E-state index in [0.717, 1.165) is 35.1 Å². The van der Waals surface area contributed by atoms with E-state index >= 15 is 0 Å². The molecule has 1 fully saturated rings. The molecule has 3 atom stereocenters. The second-order valence-electron chi connectivity index (χ2n) is 9.82. The number of carbonyl (C=O) groups is 3. The number of para-hydroxylation sites is 1. The third-order valence-electron chi connectivity index (χ3n) is 7.97. The van der Waals surface area contributed by atoms with Gasteiger partial charge in [0.25, 0.3) is 0 Å². The molecule has 4 aliphatic rings. The van der Waals surface area contributed by atoms with Gasteiger partial charge in [0.1, 0.15) is 6.04 Å². The Labute approximate surface area is 205 Å². The zero-order valence-corrected chi connectivity index (χ0v) is 19.7. The van der Waals surface area contributed by atoms with E-state index in [4.69, 9.17) is 0 Å². The average Bonchev–Trinajstić information content (AvgIpc) is 3.15. The van der Waals surface area contributed by atoms with Gasteiger partial charge in [0.2, 0.25) is 17.7 Å². The van der Waals surface area contributed by atoms with Crippen molar-refractivity contribution in [1.82, 2.24) is 4.90 Å². The number of nitrogens with one attached hydrogen (secondary N) is 1. The largest absolute Gasteiger partial charge is 0.324 e. The summed E-state index contributed by atoms with van der Waals surface area (Å²) in [6.07, 6.45) is 2.09. The SMILES string of the molecule is CCCC[C@H](C(=O)Nc1ccccc1)N1C(=O)[C@@H]2C3c4ccccc4C(c4ccccc43)[C@H]2C1=O. The molecule has 2 bridgehead atoms. The summed E-state index contributed by atoms with van der Waals surface area (Å²) in [4.78, 5) is 42.9. The molecule has 7 rings (SSSR count). The van der Waals surface area contributed by atoms with Crippen LogP contribution in [-0.4, -0.2) is 28.7 Å². The Bertz CT molecular complexity index is 1200. The maximum atomic E-state index is 14.0. The molecule has 0 unspecified atom stereocenters. The minimum Gasteiger partial charge on any atom is -0.324 e. The smallest absolute Gasteiger partial charge is 0.247 e. The fourth-order valence-corrected chi connectivity index (χ4v) is 6.53. The number of imide groups is 1.